The molecule has 0 aliphatic carbocycles. The van der Waals surface area contributed by atoms with Gasteiger partial charge < -0.3 is 15.6 Å². The fraction of sp³-hybridized carbons (Fsp3) is 0.538. The van der Waals surface area contributed by atoms with Gasteiger partial charge in [-0.25, -0.2) is 4.39 Å². The number of benzene rings is 1. The number of nitrogens with zero attached hydrogens (tertiary/aromatic N) is 1. The van der Waals surface area contributed by atoms with Crippen LogP contribution in [0.25, 0.3) is 0 Å². The Labute approximate surface area is 107 Å². The van der Waals surface area contributed by atoms with Gasteiger partial charge in [-0.2, -0.15) is 0 Å². The van der Waals surface area contributed by atoms with Crippen LogP contribution < -0.4 is 5.73 Å². The second kappa shape index (κ2) is 7.43. The summed E-state index contributed by atoms with van der Waals surface area (Å²) in [6, 6.07) is 5.00. The number of halogens is 1. The molecule has 5 heteroatoms. The van der Waals surface area contributed by atoms with Crippen molar-refractivity contribution in [1.82, 2.24) is 4.90 Å². The Morgan fingerprint density at radius 1 is 1.50 bits per heavy atom. The van der Waals surface area contributed by atoms with Crippen LogP contribution in [0.15, 0.2) is 18.2 Å². The van der Waals surface area contributed by atoms with Crippen molar-refractivity contribution in [2.45, 2.75) is 19.2 Å². The molecule has 0 saturated carbocycles. The van der Waals surface area contributed by atoms with E-state index in [-0.39, 0.29) is 12.4 Å². The predicted octanol–water partition coefficient (Wildman–Crippen LogP) is 0.724. The summed E-state index contributed by atoms with van der Waals surface area (Å²) in [4.78, 5) is 1.85. The summed E-state index contributed by atoms with van der Waals surface area (Å²) in [5.74, 6) is -0.258. The minimum atomic E-state index is -0.564. The Balaban J connectivity index is 2.56. The summed E-state index contributed by atoms with van der Waals surface area (Å²) in [6.45, 7) is 1.49. The molecular formula is C13H21FN2O2. The second-order valence-corrected chi connectivity index (χ2v) is 4.44. The molecule has 1 rings (SSSR count). The summed E-state index contributed by atoms with van der Waals surface area (Å²) in [6.07, 6.45) is -0.564. The Hall–Kier alpha value is -1.01. The number of hydrogen-bond donors (Lipinski definition) is 2. The first-order chi connectivity index (χ1) is 8.56. The van der Waals surface area contributed by atoms with Gasteiger partial charge in [0.2, 0.25) is 0 Å². The van der Waals surface area contributed by atoms with E-state index in [4.69, 9.17) is 10.5 Å². The number of likely N-dealkylation sites (N-methyl/N-ethyl adjacent to an activating group) is 1. The van der Waals surface area contributed by atoms with Crippen molar-refractivity contribution in [2.75, 3.05) is 27.3 Å². The Morgan fingerprint density at radius 3 is 2.78 bits per heavy atom. The highest BCUT2D eigenvalue weighted by Gasteiger charge is 2.10. The molecule has 0 amide bonds. The third-order valence-electron chi connectivity index (χ3n) is 2.67. The van der Waals surface area contributed by atoms with Crippen LogP contribution in [0.1, 0.15) is 11.1 Å². The molecule has 4 nitrogen and oxygen atoms in total. The minimum absolute atomic E-state index is 0.258. The maximum Gasteiger partial charge on any atom is 0.128 e. The average molecular weight is 256 g/mol. The molecule has 0 heterocycles. The van der Waals surface area contributed by atoms with Gasteiger partial charge >= 0.3 is 0 Å². The van der Waals surface area contributed by atoms with E-state index in [1.807, 2.05) is 18.0 Å². The zero-order valence-corrected chi connectivity index (χ0v) is 10.9. The molecule has 0 saturated heterocycles. The van der Waals surface area contributed by atoms with Crippen LogP contribution in [-0.4, -0.2) is 43.4 Å². The van der Waals surface area contributed by atoms with Crippen LogP contribution in [0.4, 0.5) is 4.39 Å². The lowest BCUT2D eigenvalue weighted by molar-refractivity contribution is 0.0417. The average Bonchev–Trinajstić information content (AvgIpc) is 2.31. The van der Waals surface area contributed by atoms with E-state index < -0.39 is 6.10 Å². The zero-order chi connectivity index (χ0) is 13.5. The van der Waals surface area contributed by atoms with Crippen molar-refractivity contribution in [1.29, 1.82) is 0 Å². The van der Waals surface area contributed by atoms with Gasteiger partial charge in [0.05, 0.1) is 12.7 Å². The van der Waals surface area contributed by atoms with Gasteiger partial charge in [-0.05, 0) is 18.7 Å². The van der Waals surface area contributed by atoms with Gasteiger partial charge in [-0.15, -0.1) is 0 Å². The van der Waals surface area contributed by atoms with Crippen molar-refractivity contribution in [2.24, 2.45) is 5.73 Å². The third kappa shape index (κ3) is 4.70. The van der Waals surface area contributed by atoms with Crippen molar-refractivity contribution < 1.29 is 14.2 Å². The molecule has 3 N–H and O–H groups in total. The van der Waals surface area contributed by atoms with Crippen molar-refractivity contribution in [3.05, 3.63) is 35.1 Å². The SMILES string of the molecule is COCC(O)CN(C)Cc1ccc(CN)cc1F. The first-order valence-corrected chi connectivity index (χ1v) is 5.89. The fourth-order valence-electron chi connectivity index (χ4n) is 1.81. The highest BCUT2D eigenvalue weighted by atomic mass is 19.1. The number of rotatable bonds is 7. The van der Waals surface area contributed by atoms with E-state index in [9.17, 15) is 9.50 Å². The number of hydrogen-bond acceptors (Lipinski definition) is 4. The predicted molar refractivity (Wildman–Crippen MR) is 68.5 cm³/mol. The van der Waals surface area contributed by atoms with E-state index in [0.717, 1.165) is 5.56 Å². The molecule has 0 aromatic heterocycles. The molecule has 0 spiro atoms. The summed E-state index contributed by atoms with van der Waals surface area (Å²) in [7, 11) is 3.36. The van der Waals surface area contributed by atoms with Crippen molar-refractivity contribution in [3.8, 4) is 0 Å². The summed E-state index contributed by atoms with van der Waals surface area (Å²) in [5.41, 5.74) is 6.82. The molecule has 1 unspecified atom stereocenters. The number of ether oxygens (including phenoxy) is 1. The van der Waals surface area contributed by atoms with Gasteiger partial charge in [0.25, 0.3) is 0 Å². The normalized spacial score (nSPS) is 13.0. The van der Waals surface area contributed by atoms with Gasteiger partial charge in [0.15, 0.2) is 0 Å². The summed E-state index contributed by atoms with van der Waals surface area (Å²) < 4.78 is 18.6. The Kier molecular flexibility index (Phi) is 6.21. The standard InChI is InChI=1S/C13H21FN2O2/c1-16(8-12(17)9-18-2)7-11-4-3-10(6-15)5-13(11)14/h3-5,12,17H,6-9,15H2,1-2H3. The van der Waals surface area contributed by atoms with Crippen LogP contribution in [-0.2, 0) is 17.8 Å². The van der Waals surface area contributed by atoms with E-state index in [0.29, 0.717) is 25.2 Å². The van der Waals surface area contributed by atoms with E-state index in [1.165, 1.54) is 13.2 Å². The maximum atomic E-state index is 13.7. The molecule has 102 valence electrons. The van der Waals surface area contributed by atoms with Gasteiger partial charge in [-0.3, -0.25) is 4.90 Å². The molecular weight excluding hydrogens is 235 g/mol. The Morgan fingerprint density at radius 2 is 2.22 bits per heavy atom. The highest BCUT2D eigenvalue weighted by Crippen LogP contribution is 2.12. The molecule has 0 fully saturated rings. The van der Waals surface area contributed by atoms with Crippen molar-refractivity contribution >= 4 is 0 Å². The second-order valence-electron chi connectivity index (χ2n) is 4.44. The van der Waals surface area contributed by atoms with Crippen LogP contribution in [0.5, 0.6) is 0 Å². The van der Waals surface area contributed by atoms with E-state index in [2.05, 4.69) is 0 Å². The third-order valence-corrected chi connectivity index (χ3v) is 2.67. The first-order valence-electron chi connectivity index (χ1n) is 5.89. The molecule has 1 atom stereocenters. The number of methoxy groups -OCH3 is 1. The first kappa shape index (κ1) is 15.0. The fourth-order valence-corrected chi connectivity index (χ4v) is 1.81. The lowest BCUT2D eigenvalue weighted by Crippen LogP contribution is -2.31. The lowest BCUT2D eigenvalue weighted by Gasteiger charge is -2.20. The molecule has 0 bridgehead atoms. The van der Waals surface area contributed by atoms with E-state index >= 15 is 0 Å². The molecule has 1 aromatic rings. The van der Waals surface area contributed by atoms with Gasteiger partial charge in [0, 0.05) is 32.3 Å². The largest absolute Gasteiger partial charge is 0.389 e. The number of nitrogens with two attached hydrogens (primary N) is 1. The highest BCUT2D eigenvalue weighted by molar-refractivity contribution is 5.24. The lowest BCUT2D eigenvalue weighted by atomic mass is 10.1. The topological polar surface area (TPSA) is 58.7 Å². The van der Waals surface area contributed by atoms with Gasteiger partial charge in [-0.1, -0.05) is 12.1 Å². The Bertz CT molecular complexity index is 374. The number of aliphatic hydroxyl groups excluding tert-OH is 1. The minimum Gasteiger partial charge on any atom is -0.389 e. The molecule has 1 aromatic carbocycles. The number of aliphatic hydroxyl groups is 1. The van der Waals surface area contributed by atoms with Gasteiger partial charge in [0.1, 0.15) is 5.82 Å². The molecule has 0 aliphatic heterocycles. The van der Waals surface area contributed by atoms with Crippen LogP contribution in [0, 0.1) is 5.82 Å². The molecule has 18 heavy (non-hydrogen) atoms. The maximum absolute atomic E-state index is 13.7. The quantitative estimate of drug-likeness (QED) is 0.755. The van der Waals surface area contributed by atoms with Crippen molar-refractivity contribution in [3.63, 3.8) is 0 Å². The molecule has 0 aliphatic rings. The smallest absolute Gasteiger partial charge is 0.128 e. The van der Waals surface area contributed by atoms with Crippen LogP contribution in [0.2, 0.25) is 0 Å². The zero-order valence-electron chi connectivity index (χ0n) is 10.9. The summed E-state index contributed by atoms with van der Waals surface area (Å²) in [5, 5.41) is 9.57. The van der Waals surface area contributed by atoms with E-state index in [1.54, 1.807) is 6.07 Å². The molecule has 0 radical (unpaired) electrons. The van der Waals surface area contributed by atoms with Crippen LogP contribution >= 0.6 is 0 Å². The summed E-state index contributed by atoms with van der Waals surface area (Å²) >= 11 is 0. The van der Waals surface area contributed by atoms with Crippen LogP contribution in [0.3, 0.4) is 0 Å². The monoisotopic (exact) mass is 256 g/mol.